The molecule has 5 nitrogen and oxygen atoms in total. The van der Waals surface area contributed by atoms with E-state index in [1.807, 2.05) is 72.5 Å². The molecule has 0 bridgehead atoms. The molecule has 182 valence electrons. The van der Waals surface area contributed by atoms with Crippen molar-refractivity contribution in [3.63, 3.8) is 0 Å². The van der Waals surface area contributed by atoms with Crippen molar-refractivity contribution in [2.24, 2.45) is 11.7 Å². The van der Waals surface area contributed by atoms with Crippen LogP contribution in [0, 0.1) is 12.8 Å². The van der Waals surface area contributed by atoms with E-state index in [-0.39, 0.29) is 17.9 Å². The molecule has 1 amide bonds. The van der Waals surface area contributed by atoms with Gasteiger partial charge in [-0.1, -0.05) is 79.5 Å². The van der Waals surface area contributed by atoms with E-state index in [9.17, 15) is 4.79 Å². The van der Waals surface area contributed by atoms with Crippen molar-refractivity contribution in [3.8, 4) is 0 Å². The van der Waals surface area contributed by atoms with Crippen molar-refractivity contribution < 1.29 is 4.79 Å². The molecule has 0 unspecified atom stereocenters. The van der Waals surface area contributed by atoms with Crippen molar-refractivity contribution in [1.29, 1.82) is 0 Å². The van der Waals surface area contributed by atoms with Crippen LogP contribution in [0.3, 0.4) is 0 Å². The molecule has 6 heteroatoms. The van der Waals surface area contributed by atoms with Crippen LogP contribution in [0.1, 0.15) is 53.6 Å². The highest BCUT2D eigenvalue weighted by atomic mass is 35.5. The molecule has 0 saturated carbocycles. The van der Waals surface area contributed by atoms with Gasteiger partial charge in [0.1, 0.15) is 5.82 Å². The van der Waals surface area contributed by atoms with Gasteiger partial charge in [0.05, 0.1) is 22.1 Å². The minimum atomic E-state index is -0.248. The largest absolute Gasteiger partial charge is 0.330 e. The molecule has 4 rings (SSSR count). The summed E-state index contributed by atoms with van der Waals surface area (Å²) in [6, 6.07) is 23.6. The van der Waals surface area contributed by atoms with Crippen LogP contribution in [0.25, 0.3) is 11.0 Å². The number of amides is 1. The summed E-state index contributed by atoms with van der Waals surface area (Å²) < 4.78 is 2.18. The van der Waals surface area contributed by atoms with Gasteiger partial charge in [-0.15, -0.1) is 0 Å². The Kier molecular flexibility index (Phi) is 7.89. The third-order valence-electron chi connectivity index (χ3n) is 6.32. The van der Waals surface area contributed by atoms with Gasteiger partial charge < -0.3 is 15.2 Å². The van der Waals surface area contributed by atoms with Crippen molar-refractivity contribution in [1.82, 2.24) is 14.5 Å². The summed E-state index contributed by atoms with van der Waals surface area (Å²) >= 11 is 6.70. The first-order valence-corrected chi connectivity index (χ1v) is 12.5. The predicted molar refractivity (Wildman–Crippen MR) is 144 cm³/mol. The Bertz CT molecular complexity index is 1280. The second-order valence-electron chi connectivity index (χ2n) is 9.34. The molecular weight excluding hydrogens is 456 g/mol. The standard InChI is InChI=1S/C29H33ClN4O/c1-20(2)26(33(18-8-17-31)29(35)23-15-13-21(3)14-16-23)28-32-25-12-7-11-24(30)27(25)34(28)19-22-9-5-4-6-10-22/h4-7,9-16,20,26H,8,17-19,31H2,1-3H3/t26-/m1/s1. The molecule has 0 spiro atoms. The van der Waals surface area contributed by atoms with Crippen LogP contribution < -0.4 is 5.73 Å². The summed E-state index contributed by atoms with van der Waals surface area (Å²) in [4.78, 5) is 20.9. The minimum absolute atomic E-state index is 0.0124. The van der Waals surface area contributed by atoms with E-state index in [4.69, 9.17) is 22.3 Å². The number of para-hydroxylation sites is 1. The van der Waals surface area contributed by atoms with E-state index in [2.05, 4.69) is 30.5 Å². The molecule has 1 heterocycles. The van der Waals surface area contributed by atoms with E-state index in [1.54, 1.807) is 0 Å². The van der Waals surface area contributed by atoms with Gasteiger partial charge in [-0.05, 0) is 55.6 Å². The zero-order valence-electron chi connectivity index (χ0n) is 20.6. The Balaban J connectivity index is 1.87. The van der Waals surface area contributed by atoms with Crippen LogP contribution in [0.2, 0.25) is 5.02 Å². The van der Waals surface area contributed by atoms with E-state index < -0.39 is 0 Å². The number of nitrogens with zero attached hydrogens (tertiary/aromatic N) is 3. The van der Waals surface area contributed by atoms with E-state index in [0.717, 1.165) is 28.0 Å². The molecule has 3 aromatic carbocycles. The van der Waals surface area contributed by atoms with Crippen LogP contribution in [0.5, 0.6) is 0 Å². The molecule has 0 radical (unpaired) electrons. The highest BCUT2D eigenvalue weighted by Gasteiger charge is 2.33. The number of hydrogen-bond donors (Lipinski definition) is 1. The molecule has 35 heavy (non-hydrogen) atoms. The lowest BCUT2D eigenvalue weighted by atomic mass is 9.99. The van der Waals surface area contributed by atoms with Gasteiger partial charge in [-0.2, -0.15) is 0 Å². The number of aryl methyl sites for hydroxylation is 1. The molecule has 1 atom stereocenters. The van der Waals surface area contributed by atoms with Crippen LogP contribution in [-0.2, 0) is 6.54 Å². The number of carbonyl (C=O) groups excluding carboxylic acids is 1. The Labute approximate surface area is 212 Å². The number of imidazole rings is 1. The van der Waals surface area contributed by atoms with E-state index in [0.29, 0.717) is 36.6 Å². The van der Waals surface area contributed by atoms with Crippen molar-refractivity contribution in [3.05, 3.63) is 100 Å². The van der Waals surface area contributed by atoms with Crippen LogP contribution in [-0.4, -0.2) is 33.4 Å². The fraction of sp³-hybridized carbons (Fsp3) is 0.310. The SMILES string of the molecule is Cc1ccc(C(=O)N(CCCN)[C@@H](c2nc3cccc(Cl)c3n2Cc2ccccc2)C(C)C)cc1. The third kappa shape index (κ3) is 5.42. The number of benzene rings is 3. The number of halogens is 1. The average Bonchev–Trinajstić information content (AvgIpc) is 3.21. The lowest BCUT2D eigenvalue weighted by Crippen LogP contribution is -2.40. The maximum atomic E-state index is 13.9. The highest BCUT2D eigenvalue weighted by Crippen LogP contribution is 2.35. The smallest absolute Gasteiger partial charge is 0.254 e. The number of hydrogen-bond acceptors (Lipinski definition) is 3. The maximum Gasteiger partial charge on any atom is 0.254 e. The quantitative estimate of drug-likeness (QED) is 0.303. The third-order valence-corrected chi connectivity index (χ3v) is 6.63. The second kappa shape index (κ2) is 11.1. The summed E-state index contributed by atoms with van der Waals surface area (Å²) in [6.07, 6.45) is 0.709. The fourth-order valence-corrected chi connectivity index (χ4v) is 4.87. The molecule has 4 aromatic rings. The summed E-state index contributed by atoms with van der Waals surface area (Å²) in [5.41, 5.74) is 10.5. The molecule has 0 aliphatic heterocycles. The molecule has 0 aliphatic rings. The number of carbonyl (C=O) groups is 1. The van der Waals surface area contributed by atoms with Gasteiger partial charge in [0, 0.05) is 18.7 Å². The molecule has 0 fully saturated rings. The lowest BCUT2D eigenvalue weighted by molar-refractivity contribution is 0.0605. The van der Waals surface area contributed by atoms with Gasteiger partial charge in [0.25, 0.3) is 5.91 Å². The lowest BCUT2D eigenvalue weighted by Gasteiger charge is -2.34. The zero-order valence-corrected chi connectivity index (χ0v) is 21.4. The van der Waals surface area contributed by atoms with Crippen molar-refractivity contribution in [2.75, 3.05) is 13.1 Å². The number of rotatable bonds is 9. The number of aromatic nitrogens is 2. The zero-order chi connectivity index (χ0) is 24.9. The average molecular weight is 489 g/mol. The van der Waals surface area contributed by atoms with Crippen LogP contribution >= 0.6 is 11.6 Å². The molecule has 0 saturated heterocycles. The summed E-state index contributed by atoms with van der Waals surface area (Å²) in [6.45, 7) is 7.96. The van der Waals surface area contributed by atoms with E-state index >= 15 is 0 Å². The summed E-state index contributed by atoms with van der Waals surface area (Å²) in [5.74, 6) is 0.943. The topological polar surface area (TPSA) is 64.2 Å². The Hall–Kier alpha value is -3.15. The first-order valence-electron chi connectivity index (χ1n) is 12.2. The van der Waals surface area contributed by atoms with Gasteiger partial charge in [0.2, 0.25) is 0 Å². The first kappa shape index (κ1) is 25.0. The number of fused-ring (bicyclic) bond motifs is 1. The Morgan fingerprint density at radius 2 is 1.74 bits per heavy atom. The normalized spacial score (nSPS) is 12.3. The van der Waals surface area contributed by atoms with Gasteiger partial charge in [-0.3, -0.25) is 4.79 Å². The van der Waals surface area contributed by atoms with Gasteiger partial charge in [-0.25, -0.2) is 4.98 Å². The summed E-state index contributed by atoms with van der Waals surface area (Å²) in [5, 5.41) is 0.651. The van der Waals surface area contributed by atoms with Crippen molar-refractivity contribution >= 4 is 28.5 Å². The maximum absolute atomic E-state index is 13.9. The van der Waals surface area contributed by atoms with E-state index in [1.165, 1.54) is 0 Å². The van der Waals surface area contributed by atoms with Gasteiger partial charge >= 0.3 is 0 Å². The Morgan fingerprint density at radius 1 is 1.03 bits per heavy atom. The molecule has 0 aliphatic carbocycles. The monoisotopic (exact) mass is 488 g/mol. The van der Waals surface area contributed by atoms with Crippen molar-refractivity contribution in [2.45, 2.75) is 39.8 Å². The van der Waals surface area contributed by atoms with Crippen LogP contribution in [0.4, 0.5) is 0 Å². The molecule has 1 aromatic heterocycles. The predicted octanol–water partition coefficient (Wildman–Crippen LogP) is 6.23. The fourth-order valence-electron chi connectivity index (χ4n) is 4.60. The van der Waals surface area contributed by atoms with Crippen LogP contribution in [0.15, 0.2) is 72.8 Å². The first-order chi connectivity index (χ1) is 16.9. The molecule has 2 N–H and O–H groups in total. The molecular formula is C29H33ClN4O. The Morgan fingerprint density at radius 3 is 2.40 bits per heavy atom. The van der Waals surface area contributed by atoms with Gasteiger partial charge in [0.15, 0.2) is 0 Å². The number of nitrogens with two attached hydrogens (primary N) is 1. The minimum Gasteiger partial charge on any atom is -0.330 e. The highest BCUT2D eigenvalue weighted by molar-refractivity contribution is 6.35. The summed E-state index contributed by atoms with van der Waals surface area (Å²) in [7, 11) is 0. The second-order valence-corrected chi connectivity index (χ2v) is 9.75.